The Labute approximate surface area is 219 Å². The van der Waals surface area contributed by atoms with Crippen molar-refractivity contribution in [3.8, 4) is 28.1 Å². The normalized spacial score (nSPS) is 13.0. The van der Waals surface area contributed by atoms with Crippen LogP contribution in [0.3, 0.4) is 0 Å². The van der Waals surface area contributed by atoms with Crippen molar-refractivity contribution in [1.82, 2.24) is 4.57 Å². The van der Waals surface area contributed by atoms with Crippen LogP contribution < -0.4 is 16.4 Å². The van der Waals surface area contributed by atoms with E-state index in [0.29, 0.717) is 0 Å². The van der Waals surface area contributed by atoms with E-state index >= 15 is 4.39 Å². The van der Waals surface area contributed by atoms with Crippen LogP contribution >= 0.6 is 11.8 Å². The lowest BCUT2D eigenvalue weighted by Crippen LogP contribution is -2.58. The summed E-state index contributed by atoms with van der Waals surface area (Å²) in [5.74, 6) is -0.197. The first-order valence-corrected chi connectivity index (χ1v) is 13.4. The van der Waals surface area contributed by atoms with Crippen molar-refractivity contribution in [2.24, 2.45) is 0 Å². The van der Waals surface area contributed by atoms with Gasteiger partial charge >= 0.3 is 0 Å². The number of nitrogens with zero attached hydrogens (tertiary/aromatic N) is 1. The minimum atomic E-state index is -0.197. The predicted octanol–water partition coefficient (Wildman–Crippen LogP) is 6.71. The molecule has 1 aromatic heterocycles. The first-order valence-electron chi connectivity index (χ1n) is 12.6. The highest BCUT2D eigenvalue weighted by Crippen LogP contribution is 2.45. The summed E-state index contributed by atoms with van der Waals surface area (Å²) in [6.07, 6.45) is 0. The van der Waals surface area contributed by atoms with Gasteiger partial charge in [-0.2, -0.15) is 0 Å². The molecule has 0 amide bonds. The number of hydrogen-bond donors (Lipinski definition) is 0. The first-order chi connectivity index (χ1) is 18.2. The van der Waals surface area contributed by atoms with Crippen molar-refractivity contribution >= 4 is 45.8 Å². The molecule has 5 aromatic carbocycles. The number of aryl methyl sites for hydroxylation is 1. The highest BCUT2D eigenvalue weighted by Gasteiger charge is 2.40. The van der Waals surface area contributed by atoms with Gasteiger partial charge in [-0.05, 0) is 47.2 Å². The Balaban J connectivity index is 1.60. The molecule has 0 aliphatic carbocycles. The Morgan fingerprint density at radius 2 is 1.46 bits per heavy atom. The monoisotopic (exact) mass is 493 g/mol. The summed E-state index contributed by atoms with van der Waals surface area (Å²) < 4.78 is 17.7. The van der Waals surface area contributed by atoms with E-state index < -0.39 is 0 Å². The summed E-state index contributed by atoms with van der Waals surface area (Å²) >= 11 is 1.69. The lowest BCUT2D eigenvalue weighted by Gasteiger charge is -2.33. The number of para-hydroxylation sites is 1. The molecule has 174 valence electrons. The molecule has 0 radical (unpaired) electrons. The molecule has 0 atom stereocenters. The summed E-state index contributed by atoms with van der Waals surface area (Å²) in [5, 5.41) is 1.20. The molecular formula is C33H21BFNS. The predicted molar refractivity (Wildman–Crippen MR) is 154 cm³/mol. The van der Waals surface area contributed by atoms with Gasteiger partial charge in [0.1, 0.15) is 5.82 Å². The molecule has 8 rings (SSSR count). The van der Waals surface area contributed by atoms with Crippen LogP contribution in [-0.4, -0.2) is 11.3 Å². The molecule has 1 nitrogen and oxygen atoms in total. The van der Waals surface area contributed by atoms with Crippen molar-refractivity contribution < 1.29 is 4.39 Å². The second kappa shape index (κ2) is 7.74. The van der Waals surface area contributed by atoms with E-state index in [9.17, 15) is 0 Å². The molecule has 0 fully saturated rings. The van der Waals surface area contributed by atoms with Crippen molar-refractivity contribution in [1.29, 1.82) is 0 Å². The summed E-state index contributed by atoms with van der Waals surface area (Å²) in [7, 11) is 0. The average molecular weight is 493 g/mol. The van der Waals surface area contributed by atoms with Gasteiger partial charge in [0, 0.05) is 31.9 Å². The van der Waals surface area contributed by atoms with Crippen LogP contribution in [0.4, 0.5) is 4.39 Å². The van der Waals surface area contributed by atoms with Gasteiger partial charge in [0.15, 0.2) is 0 Å². The Kier molecular flexibility index (Phi) is 4.42. The van der Waals surface area contributed by atoms with Gasteiger partial charge in [0.05, 0.1) is 5.69 Å². The third-order valence-corrected chi connectivity index (χ3v) is 8.90. The molecule has 6 aromatic rings. The fourth-order valence-corrected chi connectivity index (χ4v) is 7.50. The van der Waals surface area contributed by atoms with E-state index in [4.69, 9.17) is 0 Å². The molecule has 37 heavy (non-hydrogen) atoms. The van der Waals surface area contributed by atoms with Crippen LogP contribution in [0.1, 0.15) is 5.56 Å². The maximum Gasteiger partial charge on any atom is 0.249 e. The van der Waals surface area contributed by atoms with Crippen LogP contribution in [0, 0.1) is 12.7 Å². The fourth-order valence-electron chi connectivity index (χ4n) is 6.33. The summed E-state index contributed by atoms with van der Waals surface area (Å²) in [6, 6.07) is 37.9. The van der Waals surface area contributed by atoms with Crippen molar-refractivity contribution in [3.05, 3.63) is 121 Å². The maximum atomic E-state index is 15.3. The zero-order chi connectivity index (χ0) is 24.7. The molecule has 0 spiro atoms. The zero-order valence-electron chi connectivity index (χ0n) is 20.2. The molecule has 0 saturated carbocycles. The van der Waals surface area contributed by atoms with E-state index in [1.807, 2.05) is 6.07 Å². The minimum absolute atomic E-state index is 0.0695. The number of halogens is 1. The molecule has 0 saturated heterocycles. The fraction of sp³-hybridized carbons (Fsp3) is 0.0303. The van der Waals surface area contributed by atoms with Gasteiger partial charge in [0.25, 0.3) is 0 Å². The van der Waals surface area contributed by atoms with Crippen molar-refractivity contribution in [2.45, 2.75) is 16.7 Å². The summed E-state index contributed by atoms with van der Waals surface area (Å²) in [6.45, 7) is 2.22. The highest BCUT2D eigenvalue weighted by atomic mass is 32.2. The van der Waals surface area contributed by atoms with Crippen molar-refractivity contribution in [2.75, 3.05) is 0 Å². The van der Waals surface area contributed by atoms with Crippen LogP contribution in [0.2, 0.25) is 0 Å². The Morgan fingerprint density at radius 3 is 2.24 bits per heavy atom. The Morgan fingerprint density at radius 1 is 0.703 bits per heavy atom. The van der Waals surface area contributed by atoms with E-state index in [2.05, 4.69) is 102 Å². The lowest BCUT2D eigenvalue weighted by molar-refractivity contribution is 0.624. The largest absolute Gasteiger partial charge is 0.309 e. The highest BCUT2D eigenvalue weighted by molar-refractivity contribution is 8.00. The molecule has 0 bridgehead atoms. The standard InChI is InChI=1S/C33H21BFNS/c1-20-15-16-28-26(17-20)34-25-14-8-13-24-30(21-9-4-2-5-10-21)32(22-11-6-3-7-12-22)36(33(24)25)27-18-23(35)19-29(37-28)31(27)34/h2-19H,1H3. The molecular weight excluding hydrogens is 472 g/mol. The summed E-state index contributed by atoms with van der Waals surface area (Å²) in [5.41, 5.74) is 11.8. The quantitative estimate of drug-likeness (QED) is 0.243. The summed E-state index contributed by atoms with van der Waals surface area (Å²) in [4.78, 5) is 2.22. The second-order valence-corrected chi connectivity index (χ2v) is 11.0. The van der Waals surface area contributed by atoms with Gasteiger partial charge in [-0.1, -0.05) is 114 Å². The molecule has 2 aliphatic rings. The molecule has 0 N–H and O–H groups in total. The molecule has 3 heterocycles. The van der Waals surface area contributed by atoms with E-state index in [0.717, 1.165) is 21.8 Å². The third kappa shape index (κ3) is 2.94. The average Bonchev–Trinajstić information content (AvgIpc) is 3.28. The van der Waals surface area contributed by atoms with Crippen LogP contribution in [0.15, 0.2) is 119 Å². The topological polar surface area (TPSA) is 4.93 Å². The lowest BCUT2D eigenvalue weighted by atomic mass is 9.35. The first kappa shape index (κ1) is 21.1. The van der Waals surface area contributed by atoms with Gasteiger partial charge in [-0.25, -0.2) is 4.39 Å². The maximum absolute atomic E-state index is 15.3. The minimum Gasteiger partial charge on any atom is -0.309 e. The molecule has 0 unspecified atom stereocenters. The van der Waals surface area contributed by atoms with E-state index in [1.54, 1.807) is 23.9 Å². The van der Waals surface area contributed by atoms with Gasteiger partial charge < -0.3 is 4.57 Å². The van der Waals surface area contributed by atoms with Crippen molar-refractivity contribution in [3.63, 3.8) is 0 Å². The molecule has 4 heteroatoms. The number of rotatable bonds is 2. The second-order valence-electron chi connectivity index (χ2n) is 9.95. The Hall–Kier alpha value is -4.02. The van der Waals surface area contributed by atoms with Crippen LogP contribution in [-0.2, 0) is 0 Å². The third-order valence-electron chi connectivity index (χ3n) is 7.75. The van der Waals surface area contributed by atoms with E-state index in [-0.39, 0.29) is 12.5 Å². The zero-order valence-corrected chi connectivity index (χ0v) is 21.0. The SMILES string of the molecule is Cc1ccc2c(c1)B1c3c(cc(F)cc3-n3c(-c4ccccc4)c(-c4ccccc4)c4cccc1c43)S2. The van der Waals surface area contributed by atoms with Gasteiger partial charge in [-0.3, -0.25) is 0 Å². The number of aromatic nitrogens is 1. The number of hydrogen-bond acceptors (Lipinski definition) is 1. The van der Waals surface area contributed by atoms with Crippen LogP contribution in [0.25, 0.3) is 39.0 Å². The number of fused-ring (bicyclic) bond motifs is 4. The van der Waals surface area contributed by atoms with Gasteiger partial charge in [-0.15, -0.1) is 0 Å². The van der Waals surface area contributed by atoms with Gasteiger partial charge in [0.2, 0.25) is 6.71 Å². The smallest absolute Gasteiger partial charge is 0.249 e. The number of benzene rings is 5. The Bertz CT molecular complexity index is 1870. The molecule has 2 aliphatic heterocycles. The van der Waals surface area contributed by atoms with E-state index in [1.165, 1.54) is 48.9 Å². The van der Waals surface area contributed by atoms with Crippen LogP contribution in [0.5, 0.6) is 0 Å².